The summed E-state index contributed by atoms with van der Waals surface area (Å²) >= 11 is 0. The van der Waals surface area contributed by atoms with E-state index in [0.717, 1.165) is 5.56 Å². The van der Waals surface area contributed by atoms with E-state index >= 15 is 0 Å². The Balaban J connectivity index is 2.07. The molecule has 1 aliphatic heterocycles. The van der Waals surface area contributed by atoms with Crippen molar-refractivity contribution in [2.75, 3.05) is 13.2 Å². The average molecular weight is 233 g/mol. The Hall–Kier alpha value is -1.19. The van der Waals surface area contributed by atoms with Gasteiger partial charge in [-0.3, -0.25) is 4.79 Å². The number of Topliss-reactive ketones (excluding diaryl/α,β-unsaturated/α-hetero) is 1. The monoisotopic (exact) mass is 233 g/mol. The molecule has 1 aliphatic rings. The molecule has 0 bridgehead atoms. The standard InChI is InChI=1S/C14H19NO2/c1-9-3-10(2)5-11(4-9)6-14(16)12-7-17-8-13(12)15/h3-5,12-13H,6-8,15H2,1-2H3. The van der Waals surface area contributed by atoms with Crippen LogP contribution in [0.15, 0.2) is 18.2 Å². The number of rotatable bonds is 3. The Morgan fingerprint density at radius 1 is 1.29 bits per heavy atom. The topological polar surface area (TPSA) is 52.3 Å². The molecule has 1 aromatic carbocycles. The lowest BCUT2D eigenvalue weighted by Gasteiger charge is -2.12. The molecule has 2 atom stereocenters. The third-order valence-corrected chi connectivity index (χ3v) is 3.20. The number of hydrogen-bond donors (Lipinski definition) is 1. The summed E-state index contributed by atoms with van der Waals surface area (Å²) in [5, 5.41) is 0. The number of benzene rings is 1. The highest BCUT2D eigenvalue weighted by atomic mass is 16.5. The zero-order valence-electron chi connectivity index (χ0n) is 10.4. The average Bonchev–Trinajstić information content (AvgIpc) is 2.62. The summed E-state index contributed by atoms with van der Waals surface area (Å²) in [6.45, 7) is 5.07. The van der Waals surface area contributed by atoms with Crippen LogP contribution in [-0.2, 0) is 16.0 Å². The van der Waals surface area contributed by atoms with Gasteiger partial charge in [0, 0.05) is 12.5 Å². The van der Waals surface area contributed by atoms with Gasteiger partial charge in [-0.1, -0.05) is 29.3 Å². The molecule has 17 heavy (non-hydrogen) atoms. The summed E-state index contributed by atoms with van der Waals surface area (Å²) in [7, 11) is 0. The number of ether oxygens (including phenoxy) is 1. The molecule has 0 amide bonds. The molecule has 1 aromatic rings. The molecule has 1 saturated heterocycles. The number of hydrogen-bond acceptors (Lipinski definition) is 3. The lowest BCUT2D eigenvalue weighted by molar-refractivity contribution is -0.122. The van der Waals surface area contributed by atoms with Crippen LogP contribution in [0.25, 0.3) is 0 Å². The fourth-order valence-corrected chi connectivity index (χ4v) is 2.41. The second-order valence-corrected chi connectivity index (χ2v) is 4.95. The van der Waals surface area contributed by atoms with Crippen LogP contribution in [-0.4, -0.2) is 25.0 Å². The van der Waals surface area contributed by atoms with Gasteiger partial charge >= 0.3 is 0 Å². The van der Waals surface area contributed by atoms with Crippen molar-refractivity contribution in [3.05, 3.63) is 34.9 Å². The van der Waals surface area contributed by atoms with E-state index in [4.69, 9.17) is 10.5 Å². The van der Waals surface area contributed by atoms with Gasteiger partial charge < -0.3 is 10.5 Å². The van der Waals surface area contributed by atoms with Crippen molar-refractivity contribution in [3.8, 4) is 0 Å². The van der Waals surface area contributed by atoms with Gasteiger partial charge in [0.25, 0.3) is 0 Å². The molecule has 3 nitrogen and oxygen atoms in total. The highest BCUT2D eigenvalue weighted by Crippen LogP contribution is 2.17. The highest BCUT2D eigenvalue weighted by Gasteiger charge is 2.30. The Morgan fingerprint density at radius 3 is 2.47 bits per heavy atom. The van der Waals surface area contributed by atoms with Gasteiger partial charge in [-0.05, 0) is 19.4 Å². The molecule has 2 unspecified atom stereocenters. The van der Waals surface area contributed by atoms with Crippen LogP contribution in [0.1, 0.15) is 16.7 Å². The number of nitrogens with two attached hydrogens (primary N) is 1. The van der Waals surface area contributed by atoms with Gasteiger partial charge in [0.05, 0.1) is 19.1 Å². The predicted molar refractivity (Wildman–Crippen MR) is 66.9 cm³/mol. The van der Waals surface area contributed by atoms with Gasteiger partial charge in [0.15, 0.2) is 0 Å². The first-order valence-corrected chi connectivity index (χ1v) is 5.99. The first-order chi connectivity index (χ1) is 8.06. The molecule has 92 valence electrons. The third kappa shape index (κ3) is 2.93. The van der Waals surface area contributed by atoms with Crippen molar-refractivity contribution in [1.29, 1.82) is 0 Å². The van der Waals surface area contributed by atoms with E-state index in [-0.39, 0.29) is 17.7 Å². The molecule has 0 saturated carbocycles. The van der Waals surface area contributed by atoms with Crippen molar-refractivity contribution in [1.82, 2.24) is 0 Å². The minimum absolute atomic E-state index is 0.129. The zero-order valence-corrected chi connectivity index (χ0v) is 10.4. The molecule has 0 radical (unpaired) electrons. The normalized spacial score (nSPS) is 23.9. The van der Waals surface area contributed by atoms with Crippen LogP contribution in [0.5, 0.6) is 0 Å². The van der Waals surface area contributed by atoms with Crippen molar-refractivity contribution in [3.63, 3.8) is 0 Å². The molecule has 0 aromatic heterocycles. The van der Waals surface area contributed by atoms with Gasteiger partial charge in [0.2, 0.25) is 0 Å². The van der Waals surface area contributed by atoms with Crippen molar-refractivity contribution in [2.45, 2.75) is 26.3 Å². The first kappa shape index (κ1) is 12.3. The highest BCUT2D eigenvalue weighted by molar-refractivity contribution is 5.84. The fourth-order valence-electron chi connectivity index (χ4n) is 2.41. The zero-order chi connectivity index (χ0) is 12.4. The van der Waals surface area contributed by atoms with Crippen LogP contribution in [0.3, 0.4) is 0 Å². The molecule has 2 N–H and O–H groups in total. The van der Waals surface area contributed by atoms with E-state index in [1.807, 2.05) is 13.8 Å². The number of carbonyl (C=O) groups is 1. The SMILES string of the molecule is Cc1cc(C)cc(CC(=O)C2COCC2N)c1. The molecule has 0 aliphatic carbocycles. The van der Waals surface area contributed by atoms with Crippen LogP contribution in [0.4, 0.5) is 0 Å². The van der Waals surface area contributed by atoms with E-state index in [2.05, 4.69) is 18.2 Å². The molecule has 3 heteroatoms. The minimum Gasteiger partial charge on any atom is -0.379 e. The third-order valence-electron chi connectivity index (χ3n) is 3.20. The Bertz CT molecular complexity index is 408. The van der Waals surface area contributed by atoms with Crippen LogP contribution in [0, 0.1) is 19.8 Å². The van der Waals surface area contributed by atoms with Gasteiger partial charge in [-0.2, -0.15) is 0 Å². The summed E-state index contributed by atoms with van der Waals surface area (Å²) in [4.78, 5) is 12.1. The quantitative estimate of drug-likeness (QED) is 0.858. The number of carbonyl (C=O) groups excluding carboxylic acids is 1. The lowest BCUT2D eigenvalue weighted by Crippen LogP contribution is -2.34. The summed E-state index contributed by atoms with van der Waals surface area (Å²) < 4.78 is 5.23. The van der Waals surface area contributed by atoms with Gasteiger partial charge in [0.1, 0.15) is 5.78 Å². The maximum absolute atomic E-state index is 12.1. The van der Waals surface area contributed by atoms with Crippen molar-refractivity contribution in [2.24, 2.45) is 11.7 Å². The van der Waals surface area contributed by atoms with Gasteiger partial charge in [-0.15, -0.1) is 0 Å². The van der Waals surface area contributed by atoms with E-state index in [9.17, 15) is 4.79 Å². The maximum atomic E-state index is 12.1. The largest absolute Gasteiger partial charge is 0.379 e. The van der Waals surface area contributed by atoms with Crippen LogP contribution >= 0.6 is 0 Å². The van der Waals surface area contributed by atoms with E-state index in [0.29, 0.717) is 19.6 Å². The van der Waals surface area contributed by atoms with E-state index in [1.165, 1.54) is 11.1 Å². The lowest BCUT2D eigenvalue weighted by atomic mass is 9.93. The maximum Gasteiger partial charge on any atom is 0.144 e. The molecular formula is C14H19NO2. The molecule has 2 rings (SSSR count). The summed E-state index contributed by atoms with van der Waals surface area (Å²) in [6.07, 6.45) is 0.463. The molecule has 0 spiro atoms. The second-order valence-electron chi connectivity index (χ2n) is 4.95. The smallest absolute Gasteiger partial charge is 0.144 e. The molecular weight excluding hydrogens is 214 g/mol. The van der Waals surface area contributed by atoms with Crippen LogP contribution in [0.2, 0.25) is 0 Å². The van der Waals surface area contributed by atoms with E-state index in [1.54, 1.807) is 0 Å². The Kier molecular flexibility index (Phi) is 3.60. The fraction of sp³-hybridized carbons (Fsp3) is 0.500. The second kappa shape index (κ2) is 4.98. The van der Waals surface area contributed by atoms with E-state index < -0.39 is 0 Å². The molecule has 1 fully saturated rings. The number of aryl methyl sites for hydroxylation is 2. The van der Waals surface area contributed by atoms with Crippen molar-refractivity contribution >= 4 is 5.78 Å². The summed E-state index contributed by atoms with van der Waals surface area (Å²) in [5.41, 5.74) is 9.31. The van der Waals surface area contributed by atoms with Crippen molar-refractivity contribution < 1.29 is 9.53 Å². The minimum atomic E-state index is -0.131. The first-order valence-electron chi connectivity index (χ1n) is 5.99. The summed E-state index contributed by atoms with van der Waals surface area (Å²) in [5.74, 6) is 0.0656. The number of ketones is 1. The Labute approximate surface area is 102 Å². The Morgan fingerprint density at radius 2 is 1.94 bits per heavy atom. The van der Waals surface area contributed by atoms with Gasteiger partial charge in [-0.25, -0.2) is 0 Å². The predicted octanol–water partition coefficient (Wildman–Crippen LogP) is 1.39. The summed E-state index contributed by atoms with van der Waals surface area (Å²) in [6, 6.07) is 6.10. The van der Waals surface area contributed by atoms with Crippen LogP contribution < -0.4 is 5.73 Å². The molecule has 1 heterocycles.